The van der Waals surface area contributed by atoms with Crippen LogP contribution in [0.3, 0.4) is 0 Å². The number of carbonyl (C=O) groups is 1. The maximum Gasteiger partial charge on any atom is 0.315 e. The van der Waals surface area contributed by atoms with Crippen molar-refractivity contribution in [2.45, 2.75) is 13.8 Å². The van der Waals surface area contributed by atoms with E-state index in [0.29, 0.717) is 11.6 Å². The van der Waals surface area contributed by atoms with E-state index in [1.54, 1.807) is 26.1 Å². The summed E-state index contributed by atoms with van der Waals surface area (Å²) in [4.78, 5) is 15.7. The van der Waals surface area contributed by atoms with Gasteiger partial charge in [0.1, 0.15) is 0 Å². The minimum atomic E-state index is -0.298. The Morgan fingerprint density at radius 3 is 2.79 bits per heavy atom. The second-order valence-electron chi connectivity index (χ2n) is 2.90. The van der Waals surface area contributed by atoms with Crippen molar-refractivity contribution in [2.75, 3.05) is 0 Å². The summed E-state index contributed by atoms with van der Waals surface area (Å²) in [6, 6.07) is 1.68. The van der Waals surface area contributed by atoms with Gasteiger partial charge in [0.25, 0.3) is 0 Å². The van der Waals surface area contributed by atoms with Gasteiger partial charge in [-0.2, -0.15) is 5.10 Å². The number of hydrogen-bond acceptors (Lipinski definition) is 4. The van der Waals surface area contributed by atoms with Crippen LogP contribution in [-0.2, 0) is 0 Å². The molecule has 0 aliphatic heterocycles. The Morgan fingerprint density at radius 1 is 1.50 bits per heavy atom. The molecule has 72 valence electrons. The summed E-state index contributed by atoms with van der Waals surface area (Å²) in [5.41, 5.74) is 0.586. The summed E-state index contributed by atoms with van der Waals surface area (Å²) in [7, 11) is 0. The molecule has 0 bridgehead atoms. The number of hydrogen-bond donors (Lipinski definition) is 0. The summed E-state index contributed by atoms with van der Waals surface area (Å²) in [6.45, 7) is 3.43. The Bertz CT molecular complexity index is 456. The topological polar surface area (TPSA) is 60.9 Å². The van der Waals surface area contributed by atoms with Gasteiger partial charge in [-0.05, 0) is 13.0 Å². The van der Waals surface area contributed by atoms with Gasteiger partial charge in [-0.1, -0.05) is 0 Å². The number of aromatic nitrogens is 3. The molecule has 2 rings (SSSR count). The van der Waals surface area contributed by atoms with Gasteiger partial charge in [-0.15, -0.1) is 0 Å². The second-order valence-corrected chi connectivity index (χ2v) is 2.90. The molecule has 0 aromatic carbocycles. The van der Waals surface area contributed by atoms with Gasteiger partial charge < -0.3 is 4.42 Å². The number of nitrogens with zero attached hydrogens (tertiary/aromatic N) is 3. The van der Waals surface area contributed by atoms with Crippen LogP contribution in [0.15, 0.2) is 22.9 Å². The standard InChI is InChI=1S/C9H9N3O2/c1-6-8(14-7(2)11-6)9(13)12-5-3-4-10-12/h3-5H,1-2H3. The van der Waals surface area contributed by atoms with Crippen LogP contribution in [0.25, 0.3) is 0 Å². The Kier molecular flexibility index (Phi) is 1.92. The predicted octanol–water partition coefficient (Wildman–Crippen LogP) is 1.18. The smallest absolute Gasteiger partial charge is 0.315 e. The van der Waals surface area contributed by atoms with Crippen molar-refractivity contribution >= 4 is 5.91 Å². The Hall–Kier alpha value is -1.91. The third kappa shape index (κ3) is 1.32. The zero-order valence-electron chi connectivity index (χ0n) is 7.89. The molecule has 0 unspecified atom stereocenters. The summed E-state index contributed by atoms with van der Waals surface area (Å²) in [5.74, 6) is 0.428. The van der Waals surface area contributed by atoms with E-state index in [2.05, 4.69) is 10.1 Å². The van der Waals surface area contributed by atoms with Crippen molar-refractivity contribution in [3.8, 4) is 0 Å². The largest absolute Gasteiger partial charge is 0.435 e. The lowest BCUT2D eigenvalue weighted by Crippen LogP contribution is -2.12. The first-order valence-corrected chi connectivity index (χ1v) is 4.17. The highest BCUT2D eigenvalue weighted by Gasteiger charge is 2.17. The molecule has 0 fully saturated rings. The molecular formula is C9H9N3O2. The molecule has 0 atom stereocenters. The van der Waals surface area contributed by atoms with Gasteiger partial charge in [-0.3, -0.25) is 4.79 Å². The highest BCUT2D eigenvalue weighted by molar-refractivity contribution is 5.93. The van der Waals surface area contributed by atoms with Crippen molar-refractivity contribution in [1.82, 2.24) is 14.8 Å². The van der Waals surface area contributed by atoms with Gasteiger partial charge >= 0.3 is 5.91 Å². The number of oxazole rings is 1. The SMILES string of the molecule is Cc1nc(C)c(C(=O)n2cccn2)o1. The Balaban J connectivity index is 2.41. The van der Waals surface area contributed by atoms with Gasteiger partial charge in [-0.25, -0.2) is 9.67 Å². The lowest BCUT2D eigenvalue weighted by Gasteiger charge is -1.95. The molecule has 0 N–H and O–H groups in total. The molecular weight excluding hydrogens is 182 g/mol. The van der Waals surface area contributed by atoms with Crippen LogP contribution in [0, 0.1) is 13.8 Å². The lowest BCUT2D eigenvalue weighted by atomic mass is 10.3. The molecule has 0 spiro atoms. The molecule has 0 saturated carbocycles. The lowest BCUT2D eigenvalue weighted by molar-refractivity contribution is 0.0915. The van der Waals surface area contributed by atoms with E-state index in [-0.39, 0.29) is 11.7 Å². The molecule has 0 saturated heterocycles. The monoisotopic (exact) mass is 191 g/mol. The summed E-state index contributed by atoms with van der Waals surface area (Å²) in [5, 5.41) is 3.82. The third-order valence-corrected chi connectivity index (χ3v) is 1.81. The molecule has 0 amide bonds. The van der Waals surface area contributed by atoms with Crippen molar-refractivity contribution < 1.29 is 9.21 Å². The van der Waals surface area contributed by atoms with Crippen LogP contribution in [0.4, 0.5) is 0 Å². The molecule has 2 heterocycles. The van der Waals surface area contributed by atoms with Crippen molar-refractivity contribution in [2.24, 2.45) is 0 Å². The van der Waals surface area contributed by atoms with Crippen LogP contribution in [0.1, 0.15) is 22.1 Å². The highest BCUT2D eigenvalue weighted by Crippen LogP contribution is 2.10. The fourth-order valence-electron chi connectivity index (χ4n) is 1.22. The highest BCUT2D eigenvalue weighted by atomic mass is 16.4. The molecule has 5 nitrogen and oxygen atoms in total. The maximum atomic E-state index is 11.7. The van der Waals surface area contributed by atoms with Crippen molar-refractivity contribution in [3.63, 3.8) is 0 Å². The first kappa shape index (κ1) is 8.68. The first-order chi connectivity index (χ1) is 6.68. The zero-order chi connectivity index (χ0) is 10.1. The molecule has 0 radical (unpaired) electrons. The van der Waals surface area contributed by atoms with Gasteiger partial charge in [0.05, 0.1) is 5.69 Å². The number of aryl methyl sites for hydroxylation is 2. The minimum Gasteiger partial charge on any atom is -0.435 e. The molecule has 5 heteroatoms. The number of rotatable bonds is 1. The van der Waals surface area contributed by atoms with E-state index in [4.69, 9.17) is 4.42 Å². The minimum absolute atomic E-state index is 0.242. The number of carbonyl (C=O) groups excluding carboxylic acids is 1. The van der Waals surface area contributed by atoms with Crippen LogP contribution in [-0.4, -0.2) is 20.7 Å². The van der Waals surface area contributed by atoms with E-state index >= 15 is 0 Å². The van der Waals surface area contributed by atoms with Crippen LogP contribution >= 0.6 is 0 Å². The quantitative estimate of drug-likeness (QED) is 0.679. The van der Waals surface area contributed by atoms with Gasteiger partial charge in [0.15, 0.2) is 5.89 Å². The van der Waals surface area contributed by atoms with Gasteiger partial charge in [0.2, 0.25) is 5.76 Å². The normalized spacial score (nSPS) is 10.4. The van der Waals surface area contributed by atoms with E-state index < -0.39 is 0 Å². The fraction of sp³-hybridized carbons (Fsp3) is 0.222. The third-order valence-electron chi connectivity index (χ3n) is 1.81. The zero-order valence-corrected chi connectivity index (χ0v) is 7.89. The molecule has 2 aromatic heterocycles. The summed E-state index contributed by atoms with van der Waals surface area (Å²) < 4.78 is 6.39. The summed E-state index contributed by atoms with van der Waals surface area (Å²) >= 11 is 0. The Morgan fingerprint density at radius 2 is 2.29 bits per heavy atom. The fourth-order valence-corrected chi connectivity index (χ4v) is 1.22. The average molecular weight is 191 g/mol. The molecule has 2 aromatic rings. The first-order valence-electron chi connectivity index (χ1n) is 4.17. The van der Waals surface area contributed by atoms with Crippen molar-refractivity contribution in [1.29, 1.82) is 0 Å². The van der Waals surface area contributed by atoms with E-state index in [1.807, 2.05) is 0 Å². The molecule has 0 aliphatic rings. The predicted molar refractivity (Wildman–Crippen MR) is 47.9 cm³/mol. The molecule has 14 heavy (non-hydrogen) atoms. The second kappa shape index (κ2) is 3.10. The van der Waals surface area contributed by atoms with Crippen LogP contribution in [0.5, 0.6) is 0 Å². The Labute approximate surface area is 80.4 Å². The van der Waals surface area contributed by atoms with E-state index in [0.717, 1.165) is 0 Å². The maximum absolute atomic E-state index is 11.7. The van der Waals surface area contributed by atoms with E-state index in [9.17, 15) is 4.79 Å². The summed E-state index contributed by atoms with van der Waals surface area (Å²) in [6.07, 6.45) is 3.11. The van der Waals surface area contributed by atoms with E-state index in [1.165, 1.54) is 10.9 Å². The van der Waals surface area contributed by atoms with Crippen molar-refractivity contribution in [3.05, 3.63) is 35.8 Å². The van der Waals surface area contributed by atoms with Crippen LogP contribution in [0.2, 0.25) is 0 Å². The van der Waals surface area contributed by atoms with Gasteiger partial charge in [0, 0.05) is 19.3 Å². The molecule has 0 aliphatic carbocycles. The average Bonchev–Trinajstić information content (AvgIpc) is 2.73. The van der Waals surface area contributed by atoms with Crippen LogP contribution < -0.4 is 0 Å².